The van der Waals surface area contributed by atoms with E-state index in [-0.39, 0.29) is 24.9 Å². The Morgan fingerprint density at radius 1 is 1.09 bits per heavy atom. The van der Waals surface area contributed by atoms with Crippen LogP contribution in [0.5, 0.6) is 17.2 Å². The second-order valence-corrected chi connectivity index (χ2v) is 11.7. The number of allylic oxidation sites excluding steroid dienone is 1. The molecular formula is C34H33ClN2O6S. The molecule has 2 heterocycles. The van der Waals surface area contributed by atoms with E-state index in [4.69, 9.17) is 30.5 Å². The number of aromatic nitrogens is 1. The van der Waals surface area contributed by atoms with Gasteiger partial charge in [0.1, 0.15) is 12.4 Å². The van der Waals surface area contributed by atoms with Crippen LogP contribution in [0.2, 0.25) is 5.02 Å². The topological polar surface area (TPSA) is 88.4 Å². The van der Waals surface area contributed by atoms with E-state index in [0.29, 0.717) is 42.9 Å². The fourth-order valence-corrected chi connectivity index (χ4v) is 6.16. The van der Waals surface area contributed by atoms with Gasteiger partial charge in [0, 0.05) is 10.6 Å². The van der Waals surface area contributed by atoms with Crippen LogP contribution in [0.25, 0.3) is 6.08 Å². The molecule has 1 aliphatic rings. The van der Waals surface area contributed by atoms with E-state index >= 15 is 0 Å². The Morgan fingerprint density at radius 2 is 1.84 bits per heavy atom. The fraction of sp³-hybridized carbons (Fsp3) is 0.265. The van der Waals surface area contributed by atoms with Crippen molar-refractivity contribution in [2.45, 2.75) is 46.4 Å². The molecule has 44 heavy (non-hydrogen) atoms. The number of methoxy groups -OCH3 is 1. The van der Waals surface area contributed by atoms with Gasteiger partial charge in [-0.25, -0.2) is 9.79 Å². The van der Waals surface area contributed by atoms with E-state index in [1.54, 1.807) is 43.7 Å². The van der Waals surface area contributed by atoms with E-state index in [1.807, 2.05) is 68.4 Å². The number of fused-ring (bicyclic) bond motifs is 1. The Hall–Kier alpha value is -4.34. The summed E-state index contributed by atoms with van der Waals surface area (Å²) in [5.41, 5.74) is 2.90. The number of thiazole rings is 1. The number of carbonyl (C=O) groups excluding carboxylic acids is 1. The molecule has 0 aliphatic carbocycles. The molecule has 0 spiro atoms. The highest BCUT2D eigenvalue weighted by Gasteiger charge is 2.33. The van der Waals surface area contributed by atoms with E-state index in [1.165, 1.54) is 11.3 Å². The van der Waals surface area contributed by atoms with Gasteiger partial charge in [0.25, 0.3) is 5.56 Å². The highest BCUT2D eigenvalue weighted by Crippen LogP contribution is 2.32. The summed E-state index contributed by atoms with van der Waals surface area (Å²) < 4.78 is 24.8. The molecule has 0 saturated heterocycles. The van der Waals surface area contributed by atoms with Crippen LogP contribution in [-0.4, -0.2) is 30.4 Å². The summed E-state index contributed by atoms with van der Waals surface area (Å²) in [5, 5.41) is 0.623. The molecule has 1 aromatic heterocycles. The molecule has 4 aromatic rings. The van der Waals surface area contributed by atoms with Crippen LogP contribution < -0.4 is 29.1 Å². The van der Waals surface area contributed by atoms with Gasteiger partial charge < -0.3 is 18.9 Å². The summed E-state index contributed by atoms with van der Waals surface area (Å²) >= 11 is 7.53. The highest BCUT2D eigenvalue weighted by atomic mass is 35.5. The molecule has 10 heteroatoms. The molecule has 0 saturated carbocycles. The van der Waals surface area contributed by atoms with Crippen molar-refractivity contribution in [3.63, 3.8) is 0 Å². The molecule has 0 unspecified atom stereocenters. The Kier molecular flexibility index (Phi) is 9.56. The number of ether oxygens (including phenoxy) is 4. The zero-order valence-electron chi connectivity index (χ0n) is 25.1. The van der Waals surface area contributed by atoms with Crippen LogP contribution in [0.1, 0.15) is 50.4 Å². The van der Waals surface area contributed by atoms with Gasteiger partial charge in [0.2, 0.25) is 0 Å². The first-order valence-corrected chi connectivity index (χ1v) is 15.4. The van der Waals surface area contributed by atoms with E-state index in [2.05, 4.69) is 4.99 Å². The third-order valence-electron chi connectivity index (χ3n) is 6.91. The molecule has 1 aliphatic heterocycles. The molecule has 0 fully saturated rings. The minimum absolute atomic E-state index is 0.0115. The van der Waals surface area contributed by atoms with Crippen molar-refractivity contribution in [2.24, 2.45) is 4.99 Å². The SMILES string of the molecule is CCOC(=O)C1=C(C)N=c2s/c(=C\c3ccc(OCc4ccccc4Cl)c(OC)c3)c(=O)n2[C@@H]1c1ccc(OC(C)C)cc1. The number of halogens is 1. The van der Waals surface area contributed by atoms with Crippen molar-refractivity contribution in [1.29, 1.82) is 0 Å². The standard InChI is InChI=1S/C34H33ClN2O6S/c1-6-41-33(39)30-21(4)36-34-37(31(30)23-12-14-25(15-13-23)43-20(2)3)32(38)29(44-34)18-22-11-16-27(28(17-22)40-5)42-19-24-9-7-8-10-26(24)35/h7-18,20,31H,6,19H2,1-5H3/b29-18-/t31-/m1/s1. The van der Waals surface area contributed by atoms with Crippen LogP contribution in [0.3, 0.4) is 0 Å². The van der Waals surface area contributed by atoms with Crippen LogP contribution in [0, 0.1) is 0 Å². The van der Waals surface area contributed by atoms with Crippen molar-refractivity contribution in [3.05, 3.63) is 119 Å². The van der Waals surface area contributed by atoms with Gasteiger partial charge in [-0.05, 0) is 75.2 Å². The molecule has 0 radical (unpaired) electrons. The number of esters is 1. The van der Waals surface area contributed by atoms with Crippen molar-refractivity contribution in [2.75, 3.05) is 13.7 Å². The lowest BCUT2D eigenvalue weighted by atomic mass is 9.96. The van der Waals surface area contributed by atoms with Gasteiger partial charge in [0.15, 0.2) is 16.3 Å². The number of carbonyl (C=O) groups is 1. The summed E-state index contributed by atoms with van der Waals surface area (Å²) in [4.78, 5) is 32.3. The molecule has 0 N–H and O–H groups in total. The van der Waals surface area contributed by atoms with Gasteiger partial charge in [-0.1, -0.05) is 59.3 Å². The zero-order valence-corrected chi connectivity index (χ0v) is 26.7. The Labute approximate surface area is 264 Å². The lowest BCUT2D eigenvalue weighted by Crippen LogP contribution is -2.39. The van der Waals surface area contributed by atoms with Crippen molar-refractivity contribution < 1.29 is 23.7 Å². The molecule has 0 bridgehead atoms. The first-order chi connectivity index (χ1) is 21.2. The molecule has 3 aromatic carbocycles. The third kappa shape index (κ3) is 6.59. The lowest BCUT2D eigenvalue weighted by Gasteiger charge is -2.25. The van der Waals surface area contributed by atoms with Crippen molar-refractivity contribution in [1.82, 2.24) is 4.57 Å². The van der Waals surface area contributed by atoms with Gasteiger partial charge in [-0.2, -0.15) is 0 Å². The largest absolute Gasteiger partial charge is 0.493 e. The van der Waals surface area contributed by atoms with Gasteiger partial charge in [-0.3, -0.25) is 9.36 Å². The minimum Gasteiger partial charge on any atom is -0.493 e. The van der Waals surface area contributed by atoms with Gasteiger partial charge in [-0.15, -0.1) is 0 Å². The van der Waals surface area contributed by atoms with Crippen LogP contribution in [0.15, 0.2) is 87.8 Å². The summed E-state index contributed by atoms with van der Waals surface area (Å²) in [6.45, 7) is 7.89. The number of rotatable bonds is 10. The number of nitrogens with zero attached hydrogens (tertiary/aromatic N) is 2. The van der Waals surface area contributed by atoms with E-state index in [0.717, 1.165) is 16.7 Å². The van der Waals surface area contributed by atoms with E-state index in [9.17, 15) is 9.59 Å². The summed E-state index contributed by atoms with van der Waals surface area (Å²) in [5.74, 6) is 1.25. The van der Waals surface area contributed by atoms with Crippen LogP contribution in [0.4, 0.5) is 0 Å². The van der Waals surface area contributed by atoms with Gasteiger partial charge in [0.05, 0.1) is 41.7 Å². The maximum absolute atomic E-state index is 14.0. The van der Waals surface area contributed by atoms with Gasteiger partial charge >= 0.3 is 5.97 Å². The van der Waals surface area contributed by atoms with Crippen LogP contribution in [-0.2, 0) is 16.1 Å². The maximum Gasteiger partial charge on any atom is 0.338 e. The van der Waals surface area contributed by atoms with Crippen LogP contribution >= 0.6 is 22.9 Å². The quantitative estimate of drug-likeness (QED) is 0.205. The molecule has 228 valence electrons. The third-order valence-corrected chi connectivity index (χ3v) is 8.26. The lowest BCUT2D eigenvalue weighted by molar-refractivity contribution is -0.139. The Morgan fingerprint density at radius 3 is 2.52 bits per heavy atom. The van der Waals surface area contributed by atoms with E-state index < -0.39 is 12.0 Å². The molecule has 1 atom stereocenters. The first kappa shape index (κ1) is 31.1. The number of hydrogen-bond donors (Lipinski definition) is 0. The first-order valence-electron chi connectivity index (χ1n) is 14.2. The zero-order chi connectivity index (χ0) is 31.4. The molecular weight excluding hydrogens is 600 g/mol. The average Bonchev–Trinajstić information content (AvgIpc) is 3.30. The molecule has 5 rings (SSSR count). The monoisotopic (exact) mass is 632 g/mol. The van der Waals surface area contributed by atoms with Crippen molar-refractivity contribution >= 4 is 35.0 Å². The number of benzene rings is 3. The summed E-state index contributed by atoms with van der Waals surface area (Å²) in [6.07, 6.45) is 1.79. The summed E-state index contributed by atoms with van der Waals surface area (Å²) in [6, 6.07) is 19.6. The Balaban J connectivity index is 1.54. The highest BCUT2D eigenvalue weighted by molar-refractivity contribution is 7.07. The predicted octanol–water partition coefficient (Wildman–Crippen LogP) is 5.83. The smallest absolute Gasteiger partial charge is 0.338 e. The maximum atomic E-state index is 14.0. The minimum atomic E-state index is -0.712. The predicted molar refractivity (Wildman–Crippen MR) is 171 cm³/mol. The number of hydrogen-bond acceptors (Lipinski definition) is 8. The second kappa shape index (κ2) is 13.5. The molecule has 0 amide bonds. The van der Waals surface area contributed by atoms with Crippen molar-refractivity contribution in [3.8, 4) is 17.2 Å². The normalized spacial score (nSPS) is 14.7. The summed E-state index contributed by atoms with van der Waals surface area (Å²) in [7, 11) is 1.56. The fourth-order valence-electron chi connectivity index (χ4n) is 4.92. The Bertz CT molecular complexity index is 1890. The molecule has 8 nitrogen and oxygen atoms in total. The second-order valence-electron chi connectivity index (χ2n) is 10.3. The average molecular weight is 633 g/mol.